The number of ether oxygens (including phenoxy) is 1. The third-order valence-corrected chi connectivity index (χ3v) is 3.96. The van der Waals surface area contributed by atoms with Gasteiger partial charge in [0.05, 0.1) is 23.6 Å². The Kier molecular flexibility index (Phi) is 6.36. The minimum absolute atomic E-state index is 0.207. The molecule has 6 heteroatoms. The molecule has 1 aromatic rings. The van der Waals surface area contributed by atoms with Gasteiger partial charge in [-0.1, -0.05) is 18.5 Å². The highest BCUT2D eigenvalue weighted by atomic mass is 35.5. The monoisotopic (exact) mass is 315 g/mol. The van der Waals surface area contributed by atoms with Gasteiger partial charge >= 0.3 is 5.97 Å². The molecule has 0 saturated heterocycles. The van der Waals surface area contributed by atoms with Crippen LogP contribution in [0.1, 0.15) is 17.3 Å². The van der Waals surface area contributed by atoms with E-state index in [0.717, 1.165) is 4.90 Å². The summed E-state index contributed by atoms with van der Waals surface area (Å²) in [5.41, 5.74) is 0.443. The number of rotatable bonds is 5. The Bertz CT molecular complexity index is 507. The highest BCUT2D eigenvalue weighted by Gasteiger charge is 2.21. The van der Waals surface area contributed by atoms with Gasteiger partial charge < -0.3 is 9.64 Å². The summed E-state index contributed by atoms with van der Waals surface area (Å²) >= 11 is 7.61. The number of carbonyl (C=O) groups is 2. The third kappa shape index (κ3) is 4.15. The molecular formula is C14H18ClNO3S. The summed E-state index contributed by atoms with van der Waals surface area (Å²) in [7, 11) is 2.98. The molecule has 0 saturated carbocycles. The van der Waals surface area contributed by atoms with Crippen LogP contribution >= 0.6 is 23.4 Å². The number of methoxy groups -OCH3 is 1. The lowest BCUT2D eigenvalue weighted by Gasteiger charge is -2.21. The van der Waals surface area contributed by atoms with Crippen LogP contribution in [-0.2, 0) is 9.53 Å². The van der Waals surface area contributed by atoms with Gasteiger partial charge in [0.2, 0.25) is 0 Å². The number of thioether (sulfide) groups is 1. The maximum atomic E-state index is 12.4. The quantitative estimate of drug-likeness (QED) is 0.619. The molecule has 0 aliphatic heterocycles. The van der Waals surface area contributed by atoms with Crippen molar-refractivity contribution in [2.45, 2.75) is 11.8 Å². The molecule has 0 radical (unpaired) electrons. The molecule has 0 N–H and O–H groups in total. The number of esters is 1. The van der Waals surface area contributed by atoms with Gasteiger partial charge in [0, 0.05) is 18.5 Å². The van der Waals surface area contributed by atoms with E-state index in [2.05, 4.69) is 4.74 Å². The van der Waals surface area contributed by atoms with Gasteiger partial charge in [-0.3, -0.25) is 9.59 Å². The van der Waals surface area contributed by atoms with Crippen LogP contribution in [0, 0.1) is 5.92 Å². The Hall–Kier alpha value is -1.20. The van der Waals surface area contributed by atoms with E-state index in [1.54, 1.807) is 26.1 Å². The number of benzene rings is 1. The van der Waals surface area contributed by atoms with E-state index in [9.17, 15) is 9.59 Å². The maximum Gasteiger partial charge on any atom is 0.310 e. The SMILES string of the molecule is COC(=O)C(C)CN(C)C(=O)c1cc(SC)ccc1Cl. The second-order valence-corrected chi connectivity index (χ2v) is 5.74. The molecular weight excluding hydrogens is 298 g/mol. The lowest BCUT2D eigenvalue weighted by molar-refractivity contribution is -0.145. The molecule has 1 rings (SSSR count). The minimum Gasteiger partial charge on any atom is -0.469 e. The summed E-state index contributed by atoms with van der Waals surface area (Å²) < 4.78 is 4.65. The lowest BCUT2D eigenvalue weighted by Crippen LogP contribution is -2.34. The summed E-state index contributed by atoms with van der Waals surface area (Å²) in [5.74, 6) is -0.924. The molecule has 0 aromatic heterocycles. The number of amides is 1. The van der Waals surface area contributed by atoms with Gasteiger partial charge in [-0.2, -0.15) is 0 Å². The molecule has 1 aromatic carbocycles. The van der Waals surface area contributed by atoms with Crippen molar-refractivity contribution in [3.8, 4) is 0 Å². The molecule has 1 unspecified atom stereocenters. The zero-order chi connectivity index (χ0) is 15.3. The smallest absolute Gasteiger partial charge is 0.310 e. The fraction of sp³-hybridized carbons (Fsp3) is 0.429. The Labute approximate surface area is 128 Å². The second-order valence-electron chi connectivity index (χ2n) is 4.46. The normalized spacial score (nSPS) is 11.8. The zero-order valence-electron chi connectivity index (χ0n) is 12.0. The van der Waals surface area contributed by atoms with Gasteiger partial charge in [0.25, 0.3) is 5.91 Å². The molecule has 110 valence electrons. The Morgan fingerprint density at radius 3 is 2.65 bits per heavy atom. The summed E-state index contributed by atoms with van der Waals surface area (Å²) in [6.45, 7) is 2.00. The van der Waals surface area contributed by atoms with Gasteiger partial charge in [-0.15, -0.1) is 11.8 Å². The molecule has 4 nitrogen and oxygen atoms in total. The first kappa shape index (κ1) is 16.9. The highest BCUT2D eigenvalue weighted by molar-refractivity contribution is 7.98. The number of carbonyl (C=O) groups excluding carboxylic acids is 2. The number of hydrogen-bond donors (Lipinski definition) is 0. The molecule has 1 amide bonds. The third-order valence-electron chi connectivity index (χ3n) is 2.90. The lowest BCUT2D eigenvalue weighted by atomic mass is 10.1. The number of hydrogen-bond acceptors (Lipinski definition) is 4. The fourth-order valence-electron chi connectivity index (χ4n) is 1.77. The molecule has 1 atom stereocenters. The van der Waals surface area contributed by atoms with Crippen LogP contribution in [0.5, 0.6) is 0 Å². The Morgan fingerprint density at radius 2 is 2.10 bits per heavy atom. The maximum absolute atomic E-state index is 12.4. The predicted octanol–water partition coefficient (Wildman–Crippen LogP) is 2.94. The standard InChI is InChI=1S/C14H18ClNO3S/c1-9(14(18)19-3)8-16(2)13(17)11-7-10(20-4)5-6-12(11)15/h5-7,9H,8H2,1-4H3. The highest BCUT2D eigenvalue weighted by Crippen LogP contribution is 2.24. The average molecular weight is 316 g/mol. The second kappa shape index (κ2) is 7.55. The summed E-state index contributed by atoms with van der Waals surface area (Å²) in [4.78, 5) is 26.2. The van der Waals surface area contributed by atoms with Crippen molar-refractivity contribution in [1.82, 2.24) is 4.90 Å². The van der Waals surface area contributed by atoms with Gasteiger partial charge in [0.15, 0.2) is 0 Å². The molecule has 0 aliphatic rings. The van der Waals surface area contributed by atoms with E-state index in [4.69, 9.17) is 11.6 Å². The molecule has 0 heterocycles. The molecule has 0 spiro atoms. The first-order valence-electron chi connectivity index (χ1n) is 6.07. The van der Waals surface area contributed by atoms with E-state index >= 15 is 0 Å². The molecule has 0 bridgehead atoms. The van der Waals surface area contributed by atoms with E-state index in [-0.39, 0.29) is 24.3 Å². The van der Waals surface area contributed by atoms with Crippen molar-refractivity contribution >= 4 is 35.2 Å². The Balaban J connectivity index is 2.86. The van der Waals surface area contributed by atoms with E-state index in [0.29, 0.717) is 10.6 Å². The van der Waals surface area contributed by atoms with Crippen LogP contribution < -0.4 is 0 Å². The van der Waals surface area contributed by atoms with Crippen LogP contribution in [0.3, 0.4) is 0 Å². The molecule has 0 aliphatic carbocycles. The minimum atomic E-state index is -0.378. The first-order chi connectivity index (χ1) is 9.40. The largest absolute Gasteiger partial charge is 0.469 e. The van der Waals surface area contributed by atoms with E-state index < -0.39 is 0 Å². The predicted molar refractivity (Wildman–Crippen MR) is 81.4 cm³/mol. The summed E-state index contributed by atoms with van der Waals surface area (Å²) in [5, 5.41) is 0.408. The van der Waals surface area contributed by atoms with Crippen LogP contribution in [0.25, 0.3) is 0 Å². The Morgan fingerprint density at radius 1 is 1.45 bits per heavy atom. The van der Waals surface area contributed by atoms with Gasteiger partial charge in [-0.05, 0) is 24.5 Å². The van der Waals surface area contributed by atoms with Crippen LogP contribution in [0.15, 0.2) is 23.1 Å². The van der Waals surface area contributed by atoms with Crippen LogP contribution in [0.4, 0.5) is 0 Å². The fourth-order valence-corrected chi connectivity index (χ4v) is 2.41. The van der Waals surface area contributed by atoms with Crippen molar-refractivity contribution in [2.75, 3.05) is 27.0 Å². The first-order valence-corrected chi connectivity index (χ1v) is 7.67. The number of nitrogens with zero attached hydrogens (tertiary/aromatic N) is 1. The number of halogens is 1. The van der Waals surface area contributed by atoms with Crippen LogP contribution in [0.2, 0.25) is 5.02 Å². The van der Waals surface area contributed by atoms with Gasteiger partial charge in [0.1, 0.15) is 0 Å². The summed E-state index contributed by atoms with van der Waals surface area (Å²) in [6.07, 6.45) is 1.93. The van der Waals surface area contributed by atoms with Gasteiger partial charge in [-0.25, -0.2) is 0 Å². The van der Waals surface area contributed by atoms with E-state index in [1.165, 1.54) is 23.8 Å². The van der Waals surface area contributed by atoms with Crippen molar-refractivity contribution in [1.29, 1.82) is 0 Å². The van der Waals surface area contributed by atoms with Crippen molar-refractivity contribution < 1.29 is 14.3 Å². The van der Waals surface area contributed by atoms with Crippen LogP contribution in [-0.4, -0.2) is 43.7 Å². The van der Waals surface area contributed by atoms with Crippen molar-refractivity contribution in [3.05, 3.63) is 28.8 Å². The average Bonchev–Trinajstić information content (AvgIpc) is 2.45. The molecule has 0 fully saturated rings. The van der Waals surface area contributed by atoms with Crippen molar-refractivity contribution in [2.24, 2.45) is 5.92 Å². The zero-order valence-corrected chi connectivity index (χ0v) is 13.5. The molecule has 20 heavy (non-hydrogen) atoms. The van der Waals surface area contributed by atoms with Crippen molar-refractivity contribution in [3.63, 3.8) is 0 Å². The van der Waals surface area contributed by atoms with E-state index in [1.807, 2.05) is 12.3 Å². The topological polar surface area (TPSA) is 46.6 Å². The summed E-state index contributed by atoms with van der Waals surface area (Å²) in [6, 6.07) is 5.33.